The van der Waals surface area contributed by atoms with Gasteiger partial charge in [-0.15, -0.1) is 0 Å². The second-order valence-electron chi connectivity index (χ2n) is 4.29. The van der Waals surface area contributed by atoms with Crippen LogP contribution in [-0.4, -0.2) is 30.2 Å². The van der Waals surface area contributed by atoms with Crippen molar-refractivity contribution >= 4 is 29.2 Å². The first-order valence-electron chi connectivity index (χ1n) is 5.34. The summed E-state index contributed by atoms with van der Waals surface area (Å²) in [5.41, 5.74) is -0.150. The number of amides is 1. The van der Waals surface area contributed by atoms with Crippen LogP contribution in [0, 0.1) is 12.3 Å². The van der Waals surface area contributed by atoms with E-state index in [0.29, 0.717) is 10.7 Å². The molecule has 2 N–H and O–H groups in total. The highest BCUT2D eigenvalue weighted by molar-refractivity contribution is 6.31. The van der Waals surface area contributed by atoms with Crippen molar-refractivity contribution in [3.63, 3.8) is 0 Å². The van der Waals surface area contributed by atoms with E-state index in [4.69, 9.17) is 21.4 Å². The van der Waals surface area contributed by atoms with Crippen LogP contribution in [-0.2, 0) is 14.3 Å². The molecule has 1 aliphatic rings. The van der Waals surface area contributed by atoms with Gasteiger partial charge in [0.05, 0.1) is 13.2 Å². The molecule has 1 fully saturated rings. The van der Waals surface area contributed by atoms with Crippen molar-refractivity contribution in [3.8, 4) is 0 Å². The van der Waals surface area contributed by atoms with Crippen molar-refractivity contribution in [2.75, 3.05) is 18.5 Å². The highest BCUT2D eigenvalue weighted by atomic mass is 35.5. The number of carbonyl (C=O) groups excluding carboxylic acids is 1. The van der Waals surface area contributed by atoms with Gasteiger partial charge in [0.15, 0.2) is 5.41 Å². The lowest BCUT2D eigenvalue weighted by Crippen LogP contribution is -2.57. The Hall–Kier alpha value is -1.59. The molecule has 1 heterocycles. The fourth-order valence-corrected chi connectivity index (χ4v) is 1.80. The molecule has 0 spiro atoms. The lowest BCUT2D eigenvalue weighted by Gasteiger charge is -2.35. The van der Waals surface area contributed by atoms with Crippen molar-refractivity contribution in [1.82, 2.24) is 0 Å². The topological polar surface area (TPSA) is 75.6 Å². The third-order valence-electron chi connectivity index (χ3n) is 2.99. The molecule has 96 valence electrons. The standard InChI is InChI=1S/C12H12ClNO4/c1-7-2-3-8(13)4-9(7)14-10(15)12(11(16)17)5-18-6-12/h2-4H,5-6H2,1H3,(H,14,15)(H,16,17). The van der Waals surface area contributed by atoms with Gasteiger partial charge < -0.3 is 15.2 Å². The molecule has 1 aliphatic heterocycles. The molecule has 1 aromatic rings. The molecule has 2 rings (SSSR count). The molecule has 5 nitrogen and oxygen atoms in total. The summed E-state index contributed by atoms with van der Waals surface area (Å²) < 4.78 is 4.84. The number of rotatable bonds is 3. The number of aryl methyl sites for hydroxylation is 1. The van der Waals surface area contributed by atoms with Crippen LogP contribution in [0.4, 0.5) is 5.69 Å². The van der Waals surface area contributed by atoms with E-state index in [1.165, 1.54) is 0 Å². The number of nitrogens with one attached hydrogen (secondary N) is 1. The van der Waals surface area contributed by atoms with E-state index in [9.17, 15) is 9.59 Å². The molecule has 1 aromatic carbocycles. The second kappa shape index (κ2) is 4.59. The van der Waals surface area contributed by atoms with Crippen molar-refractivity contribution in [2.45, 2.75) is 6.92 Å². The second-order valence-corrected chi connectivity index (χ2v) is 4.73. The van der Waals surface area contributed by atoms with Gasteiger partial charge in [0.1, 0.15) is 0 Å². The molecule has 0 aliphatic carbocycles. The van der Waals surface area contributed by atoms with Gasteiger partial charge in [-0.25, -0.2) is 0 Å². The molecule has 0 bridgehead atoms. The van der Waals surface area contributed by atoms with Crippen LogP contribution in [0.5, 0.6) is 0 Å². The Kier molecular flexibility index (Phi) is 3.28. The molecule has 6 heteroatoms. The van der Waals surface area contributed by atoms with Crippen LogP contribution in [0.15, 0.2) is 18.2 Å². The fraction of sp³-hybridized carbons (Fsp3) is 0.333. The Morgan fingerprint density at radius 3 is 2.61 bits per heavy atom. The van der Waals surface area contributed by atoms with E-state index in [1.807, 2.05) is 0 Å². The molecular weight excluding hydrogens is 258 g/mol. The van der Waals surface area contributed by atoms with E-state index < -0.39 is 17.3 Å². The highest BCUT2D eigenvalue weighted by Gasteiger charge is 2.53. The summed E-state index contributed by atoms with van der Waals surface area (Å²) in [7, 11) is 0. The zero-order valence-electron chi connectivity index (χ0n) is 9.70. The fourth-order valence-electron chi connectivity index (χ4n) is 1.63. The maximum Gasteiger partial charge on any atom is 0.324 e. The molecule has 0 saturated carbocycles. The predicted octanol–water partition coefficient (Wildman–Crippen LogP) is 1.69. The monoisotopic (exact) mass is 269 g/mol. The van der Waals surface area contributed by atoms with E-state index in [-0.39, 0.29) is 13.2 Å². The summed E-state index contributed by atoms with van der Waals surface area (Å²) in [4.78, 5) is 23.1. The number of aliphatic carboxylic acids is 1. The van der Waals surface area contributed by atoms with Crippen molar-refractivity contribution in [2.24, 2.45) is 5.41 Å². The third kappa shape index (κ3) is 2.07. The zero-order chi connectivity index (χ0) is 13.3. The summed E-state index contributed by atoms with van der Waals surface area (Å²) >= 11 is 5.83. The number of anilines is 1. The maximum absolute atomic E-state index is 12.0. The minimum Gasteiger partial charge on any atom is -0.480 e. The number of carboxylic acids is 1. The molecule has 1 saturated heterocycles. The zero-order valence-corrected chi connectivity index (χ0v) is 10.5. The Labute approximate surface area is 109 Å². The summed E-state index contributed by atoms with van der Waals surface area (Å²) in [6.07, 6.45) is 0. The molecule has 0 radical (unpaired) electrons. The summed E-state index contributed by atoms with van der Waals surface area (Å²) in [5, 5.41) is 12.2. The van der Waals surface area contributed by atoms with Crippen LogP contribution >= 0.6 is 11.6 Å². The Morgan fingerprint density at radius 2 is 2.11 bits per heavy atom. The summed E-state index contributed by atoms with van der Waals surface area (Å²) in [6, 6.07) is 5.04. The van der Waals surface area contributed by atoms with Crippen molar-refractivity contribution in [1.29, 1.82) is 0 Å². The SMILES string of the molecule is Cc1ccc(Cl)cc1NC(=O)C1(C(=O)O)COC1. The third-order valence-corrected chi connectivity index (χ3v) is 3.22. The average Bonchev–Trinajstić information content (AvgIpc) is 2.21. The molecule has 1 amide bonds. The number of carboxylic acid groups (broad SMARTS) is 1. The summed E-state index contributed by atoms with van der Waals surface area (Å²) in [6.45, 7) is 1.60. The molecule has 0 unspecified atom stereocenters. The number of benzene rings is 1. The average molecular weight is 270 g/mol. The van der Waals surface area contributed by atoms with Crippen LogP contribution in [0.2, 0.25) is 5.02 Å². The normalized spacial score (nSPS) is 16.8. The number of hydrogen-bond donors (Lipinski definition) is 2. The van der Waals surface area contributed by atoms with Crippen molar-refractivity contribution < 1.29 is 19.4 Å². The van der Waals surface area contributed by atoms with Crippen LogP contribution < -0.4 is 5.32 Å². The van der Waals surface area contributed by atoms with E-state index in [0.717, 1.165) is 5.56 Å². The van der Waals surface area contributed by atoms with Gasteiger partial charge >= 0.3 is 5.97 Å². The quantitative estimate of drug-likeness (QED) is 0.819. The Bertz CT molecular complexity index is 511. The minimum absolute atomic E-state index is 0.103. The maximum atomic E-state index is 12.0. The van der Waals surface area contributed by atoms with E-state index in [2.05, 4.69) is 5.32 Å². The van der Waals surface area contributed by atoms with E-state index >= 15 is 0 Å². The van der Waals surface area contributed by atoms with Gasteiger partial charge in [0, 0.05) is 10.7 Å². The molecule has 0 aromatic heterocycles. The molecular formula is C12H12ClNO4. The van der Waals surface area contributed by atoms with Crippen LogP contribution in [0.1, 0.15) is 5.56 Å². The van der Waals surface area contributed by atoms with Gasteiger partial charge in [-0.3, -0.25) is 9.59 Å². The number of halogens is 1. The molecule has 0 atom stereocenters. The Balaban J connectivity index is 2.21. The predicted molar refractivity (Wildman–Crippen MR) is 65.7 cm³/mol. The van der Waals surface area contributed by atoms with Gasteiger partial charge in [0.25, 0.3) is 0 Å². The van der Waals surface area contributed by atoms with Crippen LogP contribution in [0.3, 0.4) is 0 Å². The van der Waals surface area contributed by atoms with E-state index in [1.54, 1.807) is 25.1 Å². The number of ether oxygens (including phenoxy) is 1. The highest BCUT2D eigenvalue weighted by Crippen LogP contribution is 2.30. The van der Waals surface area contributed by atoms with Crippen LogP contribution in [0.25, 0.3) is 0 Å². The smallest absolute Gasteiger partial charge is 0.324 e. The lowest BCUT2D eigenvalue weighted by atomic mass is 9.85. The first-order chi connectivity index (χ1) is 8.45. The van der Waals surface area contributed by atoms with Gasteiger partial charge in [-0.1, -0.05) is 17.7 Å². The lowest BCUT2D eigenvalue weighted by molar-refractivity contribution is -0.182. The Morgan fingerprint density at radius 1 is 1.44 bits per heavy atom. The van der Waals surface area contributed by atoms with Gasteiger partial charge in [0.2, 0.25) is 5.91 Å². The minimum atomic E-state index is -1.48. The summed E-state index contributed by atoms with van der Waals surface area (Å²) in [5.74, 6) is -1.75. The van der Waals surface area contributed by atoms with Gasteiger partial charge in [-0.05, 0) is 24.6 Å². The van der Waals surface area contributed by atoms with Gasteiger partial charge in [-0.2, -0.15) is 0 Å². The van der Waals surface area contributed by atoms with Crippen molar-refractivity contribution in [3.05, 3.63) is 28.8 Å². The molecule has 18 heavy (non-hydrogen) atoms. The first kappa shape index (κ1) is 12.9. The largest absolute Gasteiger partial charge is 0.480 e. The number of carbonyl (C=O) groups is 2. The number of hydrogen-bond acceptors (Lipinski definition) is 3. The first-order valence-corrected chi connectivity index (χ1v) is 5.72.